The monoisotopic (exact) mass is 451 g/mol. The number of ether oxygens (including phenoxy) is 2. The summed E-state index contributed by atoms with van der Waals surface area (Å²) < 4.78 is 88.2. The van der Waals surface area contributed by atoms with Crippen molar-refractivity contribution in [1.29, 1.82) is 0 Å². The van der Waals surface area contributed by atoms with Gasteiger partial charge < -0.3 is 14.6 Å². The van der Waals surface area contributed by atoms with Crippen LogP contribution < -0.4 is 0 Å². The van der Waals surface area contributed by atoms with E-state index >= 15 is 0 Å². The number of benzene rings is 1. The summed E-state index contributed by atoms with van der Waals surface area (Å²) in [6.45, 7) is 2.59. The van der Waals surface area contributed by atoms with Gasteiger partial charge in [0, 0.05) is 12.0 Å². The van der Waals surface area contributed by atoms with E-state index in [1.807, 2.05) is 0 Å². The van der Waals surface area contributed by atoms with Crippen LogP contribution in [0.5, 0.6) is 0 Å². The molecule has 0 saturated carbocycles. The van der Waals surface area contributed by atoms with E-state index in [-0.39, 0.29) is 26.2 Å². The molecule has 2 heterocycles. The van der Waals surface area contributed by atoms with Crippen molar-refractivity contribution in [2.45, 2.75) is 50.6 Å². The van der Waals surface area contributed by atoms with Crippen LogP contribution in [-0.4, -0.2) is 47.8 Å². The van der Waals surface area contributed by atoms with Crippen molar-refractivity contribution in [2.75, 3.05) is 19.8 Å². The highest BCUT2D eigenvalue weighted by Crippen LogP contribution is 2.45. The van der Waals surface area contributed by atoms with E-state index in [9.17, 15) is 31.4 Å². The van der Waals surface area contributed by atoms with Crippen LogP contribution in [0.3, 0.4) is 0 Å². The molecule has 1 aromatic carbocycles. The summed E-state index contributed by atoms with van der Waals surface area (Å²) in [6, 6.07) is 4.54. The molecular weight excluding hydrogens is 428 g/mol. The second-order valence-electron chi connectivity index (χ2n) is 7.90. The van der Waals surface area contributed by atoms with Crippen LogP contribution in [0.1, 0.15) is 37.6 Å². The molecule has 0 radical (unpaired) electrons. The number of aliphatic hydroxyl groups excluding tert-OH is 1. The van der Waals surface area contributed by atoms with Gasteiger partial charge in [-0.3, -0.25) is 0 Å². The zero-order valence-corrected chi connectivity index (χ0v) is 16.9. The van der Waals surface area contributed by atoms with Gasteiger partial charge in [0.15, 0.2) is 0 Å². The first-order valence-electron chi connectivity index (χ1n) is 9.58. The molecule has 2 aliphatic heterocycles. The number of hydrogen-bond donors (Lipinski definition) is 1. The molecule has 3 atom stereocenters. The average Bonchev–Trinajstić information content (AvgIpc) is 3.23. The quantitative estimate of drug-likeness (QED) is 0.507. The molecule has 4 nitrogen and oxygen atoms in total. The highest BCUT2D eigenvalue weighted by atomic mass is 19.4. The second-order valence-corrected chi connectivity index (χ2v) is 7.90. The van der Waals surface area contributed by atoms with Crippen LogP contribution in [0.15, 0.2) is 47.6 Å². The van der Waals surface area contributed by atoms with Gasteiger partial charge in [-0.05, 0) is 31.5 Å². The standard InChI is InChI=1S/C21H23F6NO3/c1-13(3-4-14(2)20(22,23)24)9-17-28-18(31-12-19(28,10-29)11-30-17)15-5-7-16(8-6-15)21(25,26)27/h3-8,17-18,29H,9-12H2,1-2H3/b13-3+,14-4+. The summed E-state index contributed by atoms with van der Waals surface area (Å²) in [7, 11) is 0. The number of aliphatic hydroxyl groups is 1. The van der Waals surface area contributed by atoms with Crippen molar-refractivity contribution >= 4 is 0 Å². The second kappa shape index (κ2) is 8.57. The first kappa shape index (κ1) is 23.8. The Kier molecular flexibility index (Phi) is 6.57. The van der Waals surface area contributed by atoms with Gasteiger partial charge in [-0.1, -0.05) is 29.9 Å². The lowest BCUT2D eigenvalue weighted by molar-refractivity contribution is -0.137. The molecule has 0 amide bonds. The summed E-state index contributed by atoms with van der Waals surface area (Å²) in [5.74, 6) is 0. The van der Waals surface area contributed by atoms with Crippen LogP contribution in [0.25, 0.3) is 0 Å². The largest absolute Gasteiger partial charge is 0.416 e. The molecule has 0 aromatic heterocycles. The van der Waals surface area contributed by atoms with Crippen LogP contribution in [0.2, 0.25) is 0 Å². The third-order valence-electron chi connectivity index (χ3n) is 5.54. The van der Waals surface area contributed by atoms with E-state index in [0.29, 0.717) is 11.1 Å². The van der Waals surface area contributed by atoms with Gasteiger partial charge >= 0.3 is 12.4 Å². The Labute approximate surface area is 175 Å². The molecule has 0 spiro atoms. The first-order chi connectivity index (χ1) is 14.4. The minimum Gasteiger partial charge on any atom is -0.394 e. The summed E-state index contributed by atoms with van der Waals surface area (Å²) in [5.41, 5.74) is -1.32. The first-order valence-corrected chi connectivity index (χ1v) is 9.58. The molecule has 10 heteroatoms. The van der Waals surface area contributed by atoms with Crippen molar-refractivity contribution in [2.24, 2.45) is 0 Å². The van der Waals surface area contributed by atoms with Gasteiger partial charge in [0.25, 0.3) is 0 Å². The van der Waals surface area contributed by atoms with Gasteiger partial charge in [-0.15, -0.1) is 0 Å². The summed E-state index contributed by atoms with van der Waals surface area (Å²) in [4.78, 5) is 1.76. The fourth-order valence-corrected chi connectivity index (χ4v) is 3.67. The van der Waals surface area contributed by atoms with Crippen LogP contribution in [-0.2, 0) is 15.7 Å². The lowest BCUT2D eigenvalue weighted by Gasteiger charge is -2.33. The zero-order valence-electron chi connectivity index (χ0n) is 16.9. The number of fused-ring (bicyclic) bond motifs is 1. The maximum Gasteiger partial charge on any atom is 0.416 e. The van der Waals surface area contributed by atoms with E-state index in [2.05, 4.69) is 0 Å². The number of allylic oxidation sites excluding steroid dienone is 3. The highest BCUT2D eigenvalue weighted by Gasteiger charge is 2.56. The molecule has 1 aromatic rings. The molecule has 3 unspecified atom stereocenters. The Morgan fingerprint density at radius 1 is 1.06 bits per heavy atom. The van der Waals surface area contributed by atoms with Crippen molar-refractivity contribution in [3.05, 3.63) is 58.7 Å². The van der Waals surface area contributed by atoms with E-state index in [4.69, 9.17) is 9.47 Å². The van der Waals surface area contributed by atoms with Gasteiger partial charge in [-0.2, -0.15) is 26.3 Å². The van der Waals surface area contributed by atoms with E-state index in [0.717, 1.165) is 25.1 Å². The molecule has 2 saturated heterocycles. The maximum atomic E-state index is 12.9. The smallest absolute Gasteiger partial charge is 0.394 e. The number of nitrogens with zero attached hydrogens (tertiary/aromatic N) is 1. The molecule has 2 aliphatic rings. The molecule has 0 bridgehead atoms. The van der Waals surface area contributed by atoms with Crippen LogP contribution in [0.4, 0.5) is 26.3 Å². The molecular formula is C21H23F6NO3. The Balaban J connectivity index is 1.82. The minimum atomic E-state index is -4.47. The molecule has 1 N–H and O–H groups in total. The summed E-state index contributed by atoms with van der Waals surface area (Å²) in [6.07, 6.45) is -7.66. The van der Waals surface area contributed by atoms with Gasteiger partial charge in [-0.25, -0.2) is 4.90 Å². The molecule has 172 valence electrons. The Hall–Kier alpha value is -1.88. The fourth-order valence-electron chi connectivity index (χ4n) is 3.67. The Morgan fingerprint density at radius 2 is 1.68 bits per heavy atom. The van der Waals surface area contributed by atoms with Crippen LogP contribution >= 0.6 is 0 Å². The predicted molar refractivity (Wildman–Crippen MR) is 99.7 cm³/mol. The number of hydrogen-bond acceptors (Lipinski definition) is 4. The Morgan fingerprint density at radius 3 is 2.23 bits per heavy atom. The van der Waals surface area contributed by atoms with E-state index < -0.39 is 41.5 Å². The number of alkyl halides is 6. The topological polar surface area (TPSA) is 41.9 Å². The van der Waals surface area contributed by atoms with Crippen molar-refractivity contribution < 1.29 is 40.9 Å². The molecule has 2 fully saturated rings. The molecule has 3 rings (SSSR count). The van der Waals surface area contributed by atoms with Gasteiger partial charge in [0.1, 0.15) is 12.5 Å². The third-order valence-corrected chi connectivity index (χ3v) is 5.54. The van der Waals surface area contributed by atoms with Crippen molar-refractivity contribution in [3.63, 3.8) is 0 Å². The minimum absolute atomic E-state index is 0.113. The third kappa shape index (κ3) is 4.97. The van der Waals surface area contributed by atoms with E-state index in [1.54, 1.807) is 11.8 Å². The SMILES string of the molecule is C/C(=C\C=C(/C)C(F)(F)F)CC1OCC2(CO)COC(c3ccc(C(F)(F)F)cc3)N12. The predicted octanol–water partition coefficient (Wildman–Crippen LogP) is 4.97. The summed E-state index contributed by atoms with van der Waals surface area (Å²) >= 11 is 0. The van der Waals surface area contributed by atoms with E-state index in [1.165, 1.54) is 18.2 Å². The zero-order chi connectivity index (χ0) is 23.0. The Bertz CT molecular complexity index is 846. The lowest BCUT2D eigenvalue weighted by atomic mass is 10.0. The van der Waals surface area contributed by atoms with Crippen LogP contribution in [0, 0.1) is 0 Å². The van der Waals surface area contributed by atoms with Gasteiger partial charge in [0.05, 0.1) is 30.9 Å². The van der Waals surface area contributed by atoms with Crippen molar-refractivity contribution in [1.82, 2.24) is 4.90 Å². The normalized spacial score (nSPS) is 28.3. The van der Waals surface area contributed by atoms with Crippen molar-refractivity contribution in [3.8, 4) is 0 Å². The number of halogens is 6. The fraction of sp³-hybridized carbons (Fsp3) is 0.524. The molecule has 0 aliphatic carbocycles. The molecule has 31 heavy (non-hydrogen) atoms. The maximum absolute atomic E-state index is 12.9. The highest BCUT2D eigenvalue weighted by molar-refractivity contribution is 5.28. The average molecular weight is 451 g/mol. The summed E-state index contributed by atoms with van der Waals surface area (Å²) in [5, 5.41) is 9.96. The van der Waals surface area contributed by atoms with Gasteiger partial charge in [0.2, 0.25) is 0 Å². The lowest BCUT2D eigenvalue weighted by Crippen LogP contribution is -2.49. The number of rotatable bonds is 5.